The predicted molar refractivity (Wildman–Crippen MR) is 71.2 cm³/mol. The number of aliphatic hydroxyl groups is 2. The average molecular weight is 290 g/mol. The van der Waals surface area contributed by atoms with Crippen molar-refractivity contribution < 1.29 is 23.4 Å². The van der Waals surface area contributed by atoms with E-state index in [9.17, 15) is 23.4 Å². The molecule has 1 rings (SSSR count). The lowest BCUT2D eigenvalue weighted by molar-refractivity contribution is -0.137. The van der Waals surface area contributed by atoms with E-state index in [2.05, 4.69) is 0 Å². The highest BCUT2D eigenvalue weighted by atomic mass is 19.4. The molecule has 0 bridgehead atoms. The van der Waals surface area contributed by atoms with Gasteiger partial charge in [0.05, 0.1) is 11.7 Å². The highest BCUT2D eigenvalue weighted by Crippen LogP contribution is 2.35. The van der Waals surface area contributed by atoms with Crippen LogP contribution in [0.15, 0.2) is 24.3 Å². The molecular formula is C15H21F3O2. The first-order chi connectivity index (χ1) is 9.25. The van der Waals surface area contributed by atoms with Crippen LogP contribution in [0.3, 0.4) is 0 Å². The minimum atomic E-state index is -4.40. The molecule has 0 saturated carbocycles. The van der Waals surface area contributed by atoms with Crippen LogP contribution in [-0.2, 0) is 11.8 Å². The van der Waals surface area contributed by atoms with Gasteiger partial charge in [-0.1, -0.05) is 38.8 Å². The van der Waals surface area contributed by atoms with Gasteiger partial charge in [-0.3, -0.25) is 0 Å². The van der Waals surface area contributed by atoms with Crippen LogP contribution in [0, 0.1) is 0 Å². The van der Waals surface area contributed by atoms with Crippen molar-refractivity contribution in [1.29, 1.82) is 0 Å². The molecule has 0 radical (unpaired) electrons. The number of halogens is 3. The molecule has 2 atom stereocenters. The molecule has 0 heterocycles. The van der Waals surface area contributed by atoms with Gasteiger partial charge in [0.1, 0.15) is 5.60 Å². The lowest BCUT2D eigenvalue weighted by Gasteiger charge is -2.33. The highest BCUT2D eigenvalue weighted by molar-refractivity contribution is 5.29. The molecular weight excluding hydrogens is 269 g/mol. The van der Waals surface area contributed by atoms with Crippen molar-refractivity contribution >= 4 is 0 Å². The van der Waals surface area contributed by atoms with Crippen LogP contribution in [0.25, 0.3) is 0 Å². The quantitative estimate of drug-likeness (QED) is 0.835. The minimum absolute atomic E-state index is 0.305. The fourth-order valence-electron chi connectivity index (χ4n) is 2.34. The van der Waals surface area contributed by atoms with Crippen LogP contribution >= 0.6 is 0 Å². The normalized spacial score (nSPS) is 16.8. The molecule has 2 nitrogen and oxygen atoms in total. The first-order valence-corrected chi connectivity index (χ1v) is 6.83. The molecule has 0 saturated heterocycles. The van der Waals surface area contributed by atoms with Crippen LogP contribution in [0.2, 0.25) is 0 Å². The van der Waals surface area contributed by atoms with Crippen LogP contribution in [-0.4, -0.2) is 16.3 Å². The molecule has 0 fully saturated rings. The van der Waals surface area contributed by atoms with Crippen molar-refractivity contribution in [3.05, 3.63) is 35.4 Å². The summed E-state index contributed by atoms with van der Waals surface area (Å²) in [5.74, 6) is 0. The van der Waals surface area contributed by atoms with Gasteiger partial charge in [0, 0.05) is 0 Å². The number of aliphatic hydroxyl groups excluding tert-OH is 1. The Bertz CT molecular complexity index is 414. The maximum Gasteiger partial charge on any atom is 0.416 e. The predicted octanol–water partition coefficient (Wildman–Crippen LogP) is 3.85. The van der Waals surface area contributed by atoms with Gasteiger partial charge in [0.25, 0.3) is 0 Å². The Hall–Kier alpha value is -1.07. The number of alkyl halides is 3. The molecule has 2 unspecified atom stereocenters. The third kappa shape index (κ3) is 3.73. The summed E-state index contributed by atoms with van der Waals surface area (Å²) in [5.41, 5.74) is -1.92. The van der Waals surface area contributed by atoms with E-state index in [0.717, 1.165) is 12.1 Å². The van der Waals surface area contributed by atoms with Crippen molar-refractivity contribution in [3.63, 3.8) is 0 Å². The van der Waals surface area contributed by atoms with Gasteiger partial charge in [-0.25, -0.2) is 0 Å². The SMILES string of the molecule is CCCC(O)C(O)(CCC)c1ccc(C(F)(F)F)cc1. The van der Waals surface area contributed by atoms with Gasteiger partial charge in [0.2, 0.25) is 0 Å². The number of hydrogen-bond donors (Lipinski definition) is 2. The third-order valence-electron chi connectivity index (χ3n) is 3.46. The highest BCUT2D eigenvalue weighted by Gasteiger charge is 2.37. The summed E-state index contributed by atoms with van der Waals surface area (Å²) < 4.78 is 37.6. The Balaban J connectivity index is 3.09. The van der Waals surface area contributed by atoms with Crippen LogP contribution < -0.4 is 0 Å². The van der Waals surface area contributed by atoms with E-state index in [-0.39, 0.29) is 0 Å². The largest absolute Gasteiger partial charge is 0.416 e. The van der Waals surface area contributed by atoms with E-state index in [1.54, 1.807) is 0 Å². The van der Waals surface area contributed by atoms with E-state index in [1.807, 2.05) is 13.8 Å². The van der Waals surface area contributed by atoms with Gasteiger partial charge in [0.15, 0.2) is 0 Å². The van der Waals surface area contributed by atoms with Crippen LogP contribution in [0.4, 0.5) is 13.2 Å². The second kappa shape index (κ2) is 6.59. The smallest absolute Gasteiger partial charge is 0.390 e. The Morgan fingerprint density at radius 1 is 1.00 bits per heavy atom. The Labute approximate surface area is 117 Å². The number of benzene rings is 1. The molecule has 0 aliphatic heterocycles. The topological polar surface area (TPSA) is 40.5 Å². The summed E-state index contributed by atoms with van der Waals surface area (Å²) in [7, 11) is 0. The van der Waals surface area contributed by atoms with Gasteiger partial charge < -0.3 is 10.2 Å². The maximum absolute atomic E-state index is 12.5. The van der Waals surface area contributed by atoms with Gasteiger partial charge in [-0.05, 0) is 30.5 Å². The van der Waals surface area contributed by atoms with E-state index < -0.39 is 23.4 Å². The fourth-order valence-corrected chi connectivity index (χ4v) is 2.34. The van der Waals surface area contributed by atoms with Crippen LogP contribution in [0.1, 0.15) is 50.7 Å². The molecule has 114 valence electrons. The maximum atomic E-state index is 12.5. The molecule has 0 aromatic heterocycles. The molecule has 1 aromatic carbocycles. The van der Waals surface area contributed by atoms with Crippen molar-refractivity contribution in [3.8, 4) is 0 Å². The fraction of sp³-hybridized carbons (Fsp3) is 0.600. The van der Waals surface area contributed by atoms with E-state index in [0.29, 0.717) is 31.2 Å². The molecule has 0 amide bonds. The Kier molecular flexibility index (Phi) is 5.59. The lowest BCUT2D eigenvalue weighted by atomic mass is 9.82. The summed E-state index contributed by atoms with van der Waals surface area (Å²) in [6, 6.07) is 4.37. The Morgan fingerprint density at radius 2 is 1.50 bits per heavy atom. The molecule has 5 heteroatoms. The second-order valence-electron chi connectivity index (χ2n) is 5.05. The van der Waals surface area contributed by atoms with Crippen LogP contribution in [0.5, 0.6) is 0 Å². The van der Waals surface area contributed by atoms with Crippen molar-refractivity contribution in [2.24, 2.45) is 0 Å². The van der Waals surface area contributed by atoms with Gasteiger partial charge >= 0.3 is 6.18 Å². The molecule has 20 heavy (non-hydrogen) atoms. The summed E-state index contributed by atoms with van der Waals surface area (Å²) >= 11 is 0. The zero-order chi connectivity index (χ0) is 15.4. The second-order valence-corrected chi connectivity index (χ2v) is 5.05. The summed E-state index contributed by atoms with van der Waals surface area (Å²) in [4.78, 5) is 0. The van der Waals surface area contributed by atoms with Gasteiger partial charge in [-0.15, -0.1) is 0 Å². The molecule has 1 aromatic rings. The summed E-state index contributed by atoms with van der Waals surface area (Å²) in [5, 5.41) is 20.8. The molecule has 0 aliphatic carbocycles. The third-order valence-corrected chi connectivity index (χ3v) is 3.46. The summed E-state index contributed by atoms with van der Waals surface area (Å²) in [6.07, 6.45) is -3.36. The minimum Gasteiger partial charge on any atom is -0.390 e. The zero-order valence-corrected chi connectivity index (χ0v) is 11.7. The van der Waals surface area contributed by atoms with E-state index in [1.165, 1.54) is 12.1 Å². The monoisotopic (exact) mass is 290 g/mol. The molecule has 2 N–H and O–H groups in total. The number of hydrogen-bond acceptors (Lipinski definition) is 2. The van der Waals surface area contributed by atoms with Crippen molar-refractivity contribution in [1.82, 2.24) is 0 Å². The van der Waals surface area contributed by atoms with Crippen molar-refractivity contribution in [2.75, 3.05) is 0 Å². The van der Waals surface area contributed by atoms with Gasteiger partial charge in [-0.2, -0.15) is 13.2 Å². The molecule has 0 spiro atoms. The van der Waals surface area contributed by atoms with E-state index in [4.69, 9.17) is 0 Å². The van der Waals surface area contributed by atoms with Crippen molar-refractivity contribution in [2.45, 2.75) is 57.4 Å². The lowest BCUT2D eigenvalue weighted by Crippen LogP contribution is -2.39. The zero-order valence-electron chi connectivity index (χ0n) is 11.7. The standard InChI is InChI=1S/C15H21F3O2/c1-3-5-13(19)14(20,10-4-2)11-6-8-12(9-7-11)15(16,17)18/h6-9,13,19-20H,3-5,10H2,1-2H3. The Morgan fingerprint density at radius 3 is 1.90 bits per heavy atom. The number of rotatable bonds is 6. The molecule has 0 aliphatic rings. The summed E-state index contributed by atoms with van der Waals surface area (Å²) in [6.45, 7) is 3.73. The average Bonchev–Trinajstić information content (AvgIpc) is 2.38. The first kappa shape index (κ1) is 17.0. The van der Waals surface area contributed by atoms with E-state index >= 15 is 0 Å². The first-order valence-electron chi connectivity index (χ1n) is 6.83.